The molecule has 3 aliphatic heterocycles. The molecular weight excluding hydrogens is 518 g/mol. The zero-order valence-corrected chi connectivity index (χ0v) is 23.5. The van der Waals surface area contributed by atoms with Crippen molar-refractivity contribution in [3.63, 3.8) is 0 Å². The van der Waals surface area contributed by atoms with E-state index in [-0.39, 0.29) is 55.4 Å². The highest BCUT2D eigenvalue weighted by molar-refractivity contribution is 8.02. The maximum Gasteiger partial charge on any atom is 0.310 e. The molecule has 11 heteroatoms. The number of carbonyl (C=O) groups excluding carboxylic acids is 3. The van der Waals surface area contributed by atoms with E-state index in [4.69, 9.17) is 4.74 Å². The first-order valence-electron chi connectivity index (χ1n) is 13.8. The number of aliphatic hydroxyl groups excluding tert-OH is 1. The number of benzene rings is 1. The number of hydrogen-bond donors (Lipinski definition) is 1. The molecule has 2 amide bonds. The predicted molar refractivity (Wildman–Crippen MR) is 147 cm³/mol. The van der Waals surface area contributed by atoms with Crippen LogP contribution in [0.3, 0.4) is 0 Å². The molecule has 2 aromatic rings. The normalized spacial score (nSPS) is 28.9. The first-order valence-corrected chi connectivity index (χ1v) is 14.7. The molecule has 5 rings (SSSR count). The summed E-state index contributed by atoms with van der Waals surface area (Å²) in [4.78, 5) is 45.3. The van der Waals surface area contributed by atoms with Crippen LogP contribution < -0.4 is 0 Å². The Hall–Kier alpha value is -2.92. The van der Waals surface area contributed by atoms with Crippen LogP contribution in [0, 0.1) is 17.8 Å². The number of hydrogen-bond acceptors (Lipinski definition) is 8. The monoisotopic (exact) mass is 555 g/mol. The number of nitrogens with zero attached hydrogens (tertiary/aromatic N) is 5. The third-order valence-electron chi connectivity index (χ3n) is 8.76. The molecule has 0 aliphatic carbocycles. The number of likely N-dealkylation sites (tertiary alicyclic amines) is 1. The summed E-state index contributed by atoms with van der Waals surface area (Å²) in [5.41, 5.74) is 1.51. The minimum Gasteiger partial charge on any atom is -0.466 e. The van der Waals surface area contributed by atoms with E-state index < -0.39 is 28.7 Å². The van der Waals surface area contributed by atoms with Gasteiger partial charge in [0.25, 0.3) is 0 Å². The van der Waals surface area contributed by atoms with Gasteiger partial charge in [-0.1, -0.05) is 43.7 Å². The van der Waals surface area contributed by atoms with Crippen LogP contribution in [0.25, 0.3) is 11.0 Å². The average molecular weight is 556 g/mol. The molecule has 1 spiro atoms. The standard InChI is InChI=1S/C28H37N5O5S/c1-5-14-31(16-32-19-11-9-8-10-18(19)29-30-32)26(36)24-28-13-12-21(39-28)22(27(37)38-7-3)23(28)25(35)33(24)20(15-34)17(4)6-2/h5,8-11,17,20-24,34H,1,6-7,12-16H2,2-4H3/t17-,20-,21-,22+,23-,24?,28?/m0/s1. The molecule has 210 valence electrons. The van der Waals surface area contributed by atoms with Gasteiger partial charge in [0.2, 0.25) is 11.8 Å². The summed E-state index contributed by atoms with van der Waals surface area (Å²) in [6, 6.07) is 6.16. The van der Waals surface area contributed by atoms with E-state index in [2.05, 4.69) is 16.9 Å². The Morgan fingerprint density at radius 1 is 1.36 bits per heavy atom. The van der Waals surface area contributed by atoms with Gasteiger partial charge in [-0.2, -0.15) is 0 Å². The highest BCUT2D eigenvalue weighted by atomic mass is 32.2. The third kappa shape index (κ3) is 4.34. The molecule has 10 nitrogen and oxygen atoms in total. The van der Waals surface area contributed by atoms with Crippen molar-refractivity contribution in [3.8, 4) is 0 Å². The molecule has 1 N–H and O–H groups in total. The van der Waals surface area contributed by atoms with E-state index >= 15 is 0 Å². The lowest BCUT2D eigenvalue weighted by molar-refractivity contribution is -0.154. The Balaban J connectivity index is 1.57. The van der Waals surface area contributed by atoms with Crippen LogP contribution in [0.2, 0.25) is 0 Å². The van der Waals surface area contributed by atoms with Crippen LogP contribution in [0.4, 0.5) is 0 Å². The van der Waals surface area contributed by atoms with E-state index in [1.54, 1.807) is 39.2 Å². The first kappa shape index (κ1) is 27.6. The molecule has 4 heterocycles. The summed E-state index contributed by atoms with van der Waals surface area (Å²) in [5, 5.41) is 18.9. The minimum absolute atomic E-state index is 0.0418. The van der Waals surface area contributed by atoms with Gasteiger partial charge in [0.05, 0.1) is 41.4 Å². The number of fused-ring (bicyclic) bond motifs is 2. The highest BCUT2D eigenvalue weighted by Crippen LogP contribution is 2.67. The lowest BCUT2D eigenvalue weighted by atomic mass is 9.71. The molecule has 0 saturated carbocycles. The quantitative estimate of drug-likeness (QED) is 0.332. The van der Waals surface area contributed by atoms with Gasteiger partial charge in [-0.3, -0.25) is 14.4 Å². The highest BCUT2D eigenvalue weighted by Gasteiger charge is 2.75. The van der Waals surface area contributed by atoms with Gasteiger partial charge in [-0.25, -0.2) is 4.68 Å². The van der Waals surface area contributed by atoms with Crippen molar-refractivity contribution >= 4 is 40.6 Å². The van der Waals surface area contributed by atoms with Crippen molar-refractivity contribution in [1.82, 2.24) is 24.8 Å². The van der Waals surface area contributed by atoms with Crippen LogP contribution in [-0.4, -0.2) is 89.5 Å². The molecule has 7 atom stereocenters. The van der Waals surface area contributed by atoms with E-state index in [0.29, 0.717) is 6.42 Å². The SMILES string of the molecule is C=CCN(Cn1nnc2ccccc21)C(=O)C1N([C@@H](CO)[C@@H](C)CC)C(=O)[C@@H]2[C@H](C(=O)OCC)[C@@H]3CCC12S3. The maximum absolute atomic E-state index is 14.6. The number of rotatable bonds is 11. The second-order valence-electron chi connectivity index (χ2n) is 10.8. The predicted octanol–water partition coefficient (Wildman–Crippen LogP) is 2.46. The van der Waals surface area contributed by atoms with Crippen molar-refractivity contribution < 1.29 is 24.2 Å². The molecule has 3 saturated heterocycles. The summed E-state index contributed by atoms with van der Waals surface area (Å²) in [5.74, 6) is -2.14. The van der Waals surface area contributed by atoms with E-state index in [1.165, 1.54) is 0 Å². The van der Waals surface area contributed by atoms with E-state index in [0.717, 1.165) is 23.9 Å². The van der Waals surface area contributed by atoms with Gasteiger partial charge in [0.1, 0.15) is 18.2 Å². The molecule has 2 unspecified atom stereocenters. The van der Waals surface area contributed by atoms with Crippen molar-refractivity contribution in [3.05, 3.63) is 36.9 Å². The average Bonchev–Trinajstić information content (AvgIpc) is 3.68. The fraction of sp³-hybridized carbons (Fsp3) is 0.607. The summed E-state index contributed by atoms with van der Waals surface area (Å²) in [6.07, 6.45) is 3.77. The zero-order chi connectivity index (χ0) is 27.9. The number of para-hydroxylation sites is 1. The Kier molecular flexibility index (Phi) is 7.74. The number of ether oxygens (including phenoxy) is 1. The summed E-state index contributed by atoms with van der Waals surface area (Å²) in [7, 11) is 0. The molecule has 3 fully saturated rings. The fourth-order valence-corrected chi connectivity index (χ4v) is 8.97. The topological polar surface area (TPSA) is 118 Å². The summed E-state index contributed by atoms with van der Waals surface area (Å²) < 4.78 is 6.33. The van der Waals surface area contributed by atoms with Crippen molar-refractivity contribution in [2.45, 2.75) is 68.8 Å². The smallest absolute Gasteiger partial charge is 0.310 e. The second kappa shape index (κ2) is 10.9. The van der Waals surface area contributed by atoms with Crippen LogP contribution in [-0.2, 0) is 25.8 Å². The van der Waals surface area contributed by atoms with Gasteiger partial charge in [-0.05, 0) is 37.8 Å². The lowest BCUT2D eigenvalue weighted by Gasteiger charge is -2.41. The molecule has 2 bridgehead atoms. The molecule has 3 aliphatic rings. The largest absolute Gasteiger partial charge is 0.466 e. The molecule has 0 radical (unpaired) electrons. The molecule has 1 aromatic carbocycles. The number of thioether (sulfide) groups is 1. The first-order chi connectivity index (χ1) is 18.8. The van der Waals surface area contributed by atoms with Crippen LogP contribution >= 0.6 is 11.8 Å². The van der Waals surface area contributed by atoms with Gasteiger partial charge in [-0.15, -0.1) is 23.4 Å². The molecular formula is C28H37N5O5S. The number of amides is 2. The number of aromatic nitrogens is 3. The van der Waals surface area contributed by atoms with Crippen molar-refractivity contribution in [2.75, 3.05) is 19.8 Å². The molecule has 39 heavy (non-hydrogen) atoms. The van der Waals surface area contributed by atoms with Gasteiger partial charge in [0.15, 0.2) is 0 Å². The van der Waals surface area contributed by atoms with Crippen LogP contribution in [0.5, 0.6) is 0 Å². The van der Waals surface area contributed by atoms with Crippen LogP contribution in [0.15, 0.2) is 36.9 Å². The Morgan fingerprint density at radius 3 is 2.82 bits per heavy atom. The maximum atomic E-state index is 14.6. The Morgan fingerprint density at radius 2 is 2.13 bits per heavy atom. The third-order valence-corrected chi connectivity index (χ3v) is 10.7. The van der Waals surface area contributed by atoms with E-state index in [1.807, 2.05) is 38.1 Å². The Labute approximate surface area is 232 Å². The lowest BCUT2D eigenvalue weighted by Crippen LogP contribution is -2.58. The van der Waals surface area contributed by atoms with Gasteiger partial charge in [0, 0.05) is 11.8 Å². The molecule has 1 aromatic heterocycles. The van der Waals surface area contributed by atoms with Gasteiger partial charge < -0.3 is 19.6 Å². The zero-order valence-electron chi connectivity index (χ0n) is 22.7. The van der Waals surface area contributed by atoms with E-state index in [9.17, 15) is 19.5 Å². The minimum atomic E-state index is -0.828. The fourth-order valence-electron chi connectivity index (χ4n) is 6.78. The Bertz CT molecular complexity index is 1270. The summed E-state index contributed by atoms with van der Waals surface area (Å²) in [6.45, 7) is 9.97. The number of esters is 1. The summed E-state index contributed by atoms with van der Waals surface area (Å²) >= 11 is 1.60. The number of aliphatic hydroxyl groups is 1. The second-order valence-corrected chi connectivity index (χ2v) is 12.4. The van der Waals surface area contributed by atoms with Crippen molar-refractivity contribution in [2.24, 2.45) is 17.8 Å². The van der Waals surface area contributed by atoms with Crippen molar-refractivity contribution in [1.29, 1.82) is 0 Å². The van der Waals surface area contributed by atoms with Crippen LogP contribution in [0.1, 0.15) is 40.0 Å². The number of carbonyl (C=O) groups is 3. The van der Waals surface area contributed by atoms with Gasteiger partial charge >= 0.3 is 5.97 Å².